The average Bonchev–Trinajstić information content (AvgIpc) is 3.51. The Bertz CT molecular complexity index is 1680. The number of ether oxygens (including phenoxy) is 2. The summed E-state index contributed by atoms with van der Waals surface area (Å²) in [5.41, 5.74) is -1.15. The molecule has 45 heavy (non-hydrogen) atoms. The van der Waals surface area contributed by atoms with Crippen LogP contribution in [0.2, 0.25) is 0 Å². The van der Waals surface area contributed by atoms with E-state index in [-0.39, 0.29) is 41.4 Å². The average molecular weight is 631 g/mol. The predicted octanol–water partition coefficient (Wildman–Crippen LogP) is 7.11. The van der Waals surface area contributed by atoms with Crippen molar-refractivity contribution in [2.75, 3.05) is 20.2 Å². The van der Waals surface area contributed by atoms with Crippen molar-refractivity contribution in [2.45, 2.75) is 38.0 Å². The Morgan fingerprint density at radius 2 is 1.71 bits per heavy atom. The van der Waals surface area contributed by atoms with Crippen molar-refractivity contribution in [1.82, 2.24) is 19.7 Å². The number of aromatic carboxylic acids is 1. The van der Waals surface area contributed by atoms with Crippen molar-refractivity contribution in [2.24, 2.45) is 0 Å². The van der Waals surface area contributed by atoms with Gasteiger partial charge in [-0.05, 0) is 54.2 Å². The zero-order valence-corrected chi connectivity index (χ0v) is 23.8. The highest BCUT2D eigenvalue weighted by Crippen LogP contribution is 2.39. The normalized spacial score (nSPS) is 14.1. The van der Waals surface area contributed by atoms with Crippen LogP contribution in [0.15, 0.2) is 66.9 Å². The second kappa shape index (κ2) is 12.9. The molecule has 1 saturated heterocycles. The molecule has 1 aliphatic rings. The van der Waals surface area contributed by atoms with E-state index in [9.17, 15) is 36.6 Å². The molecule has 0 atom stereocenters. The quantitative estimate of drug-likeness (QED) is 0.207. The molecule has 1 N–H and O–H groups in total. The molecule has 0 bridgehead atoms. The van der Waals surface area contributed by atoms with Crippen LogP contribution in [0.4, 0.5) is 26.7 Å². The van der Waals surface area contributed by atoms with E-state index >= 15 is 0 Å². The first-order chi connectivity index (χ1) is 21.5. The third-order valence-corrected chi connectivity index (χ3v) is 7.54. The molecule has 4 aromatic rings. The van der Waals surface area contributed by atoms with Crippen LogP contribution in [-0.4, -0.2) is 57.0 Å². The van der Waals surface area contributed by atoms with Crippen LogP contribution >= 0.6 is 0 Å². The van der Waals surface area contributed by atoms with Gasteiger partial charge >= 0.3 is 18.2 Å². The number of pyridine rings is 1. The molecular formula is C31H27F5N4O5. The second-order valence-electron chi connectivity index (χ2n) is 10.3. The van der Waals surface area contributed by atoms with E-state index in [1.807, 2.05) is 24.3 Å². The van der Waals surface area contributed by atoms with Crippen LogP contribution < -0.4 is 4.74 Å². The maximum Gasteiger partial charge on any atom is 0.434 e. The minimum atomic E-state index is -5.07. The van der Waals surface area contributed by atoms with Gasteiger partial charge in [0.15, 0.2) is 11.5 Å². The minimum Gasteiger partial charge on any atom is -0.488 e. The molecule has 5 rings (SSSR count). The molecule has 1 fully saturated rings. The number of alkyl halides is 5. The maximum atomic E-state index is 14.1. The lowest BCUT2D eigenvalue weighted by Crippen LogP contribution is -2.37. The Morgan fingerprint density at radius 3 is 2.33 bits per heavy atom. The molecule has 14 heteroatoms. The number of carboxylic acids is 1. The third kappa shape index (κ3) is 6.74. The molecule has 0 saturated carbocycles. The number of piperidine rings is 1. The van der Waals surface area contributed by atoms with Crippen molar-refractivity contribution in [1.29, 1.82) is 0 Å². The number of hydrogen-bond acceptors (Lipinski definition) is 6. The van der Waals surface area contributed by atoms with Crippen LogP contribution in [0, 0.1) is 0 Å². The number of nitrogens with zero attached hydrogens (tertiary/aromatic N) is 4. The van der Waals surface area contributed by atoms with Crippen LogP contribution in [0.1, 0.15) is 57.9 Å². The number of carbonyl (C=O) groups excluding carboxylic acids is 1. The Kier molecular flexibility index (Phi) is 9.02. The molecule has 3 heterocycles. The number of rotatable bonds is 8. The van der Waals surface area contributed by atoms with Gasteiger partial charge in [0.05, 0.1) is 24.6 Å². The first-order valence-electron chi connectivity index (χ1n) is 13.8. The standard InChI is InChI=1S/C31H27F5N4O5/c1-44-30(43)39-14-12-20(13-15-39)19-10-8-18(9-11-19)17-45-26-21(4-2-5-22(26)28(32)33)24-6-3-7-25(38-24)40-27(31(34,35)36)23(16-37-40)29(41)42/h2-11,16,20,28H,12-15,17H2,1H3,(H,41,42). The van der Waals surface area contributed by atoms with Gasteiger partial charge < -0.3 is 19.5 Å². The van der Waals surface area contributed by atoms with Gasteiger partial charge in [-0.25, -0.2) is 28.0 Å². The van der Waals surface area contributed by atoms with E-state index in [4.69, 9.17) is 9.47 Å². The zero-order chi connectivity index (χ0) is 32.3. The van der Waals surface area contributed by atoms with E-state index in [1.165, 1.54) is 43.5 Å². The second-order valence-corrected chi connectivity index (χ2v) is 10.3. The van der Waals surface area contributed by atoms with Crippen LogP contribution in [0.3, 0.4) is 0 Å². The van der Waals surface area contributed by atoms with Gasteiger partial charge in [-0.2, -0.15) is 18.3 Å². The molecule has 0 spiro atoms. The summed E-state index contributed by atoms with van der Waals surface area (Å²) >= 11 is 0. The molecule has 2 aromatic carbocycles. The van der Waals surface area contributed by atoms with E-state index in [1.54, 1.807) is 4.90 Å². The highest BCUT2D eigenvalue weighted by atomic mass is 19.4. The van der Waals surface area contributed by atoms with Crippen molar-refractivity contribution in [3.05, 3.63) is 94.8 Å². The van der Waals surface area contributed by atoms with Gasteiger partial charge in [0.1, 0.15) is 17.9 Å². The fourth-order valence-corrected chi connectivity index (χ4v) is 5.30. The summed E-state index contributed by atoms with van der Waals surface area (Å²) in [6.45, 7) is 1.06. The summed E-state index contributed by atoms with van der Waals surface area (Å²) < 4.78 is 80.6. The van der Waals surface area contributed by atoms with Crippen LogP contribution in [0.25, 0.3) is 17.1 Å². The van der Waals surface area contributed by atoms with E-state index in [2.05, 4.69) is 10.1 Å². The van der Waals surface area contributed by atoms with Crippen LogP contribution in [0.5, 0.6) is 5.75 Å². The van der Waals surface area contributed by atoms with Gasteiger partial charge in [0.25, 0.3) is 6.43 Å². The summed E-state index contributed by atoms with van der Waals surface area (Å²) in [7, 11) is 1.35. The lowest BCUT2D eigenvalue weighted by Gasteiger charge is -2.31. The number of benzene rings is 2. The topological polar surface area (TPSA) is 107 Å². The van der Waals surface area contributed by atoms with E-state index in [0.29, 0.717) is 29.5 Å². The first kappa shape index (κ1) is 31.4. The maximum absolute atomic E-state index is 14.1. The molecule has 0 aliphatic carbocycles. The SMILES string of the molecule is COC(=O)N1CCC(c2ccc(COc3c(-c4cccc(-n5ncc(C(=O)O)c5C(F)(F)F)n4)cccc3C(F)F)cc2)CC1. The number of carboxylic acid groups (broad SMARTS) is 1. The molecule has 0 unspecified atom stereocenters. The Balaban J connectivity index is 1.40. The van der Waals surface area contributed by atoms with Gasteiger partial charge in [0.2, 0.25) is 0 Å². The van der Waals surface area contributed by atoms with E-state index in [0.717, 1.165) is 18.4 Å². The van der Waals surface area contributed by atoms with Gasteiger partial charge in [-0.3, -0.25) is 0 Å². The lowest BCUT2D eigenvalue weighted by molar-refractivity contribution is -0.143. The molecular weight excluding hydrogens is 603 g/mol. The largest absolute Gasteiger partial charge is 0.488 e. The highest BCUT2D eigenvalue weighted by Gasteiger charge is 2.41. The fourth-order valence-electron chi connectivity index (χ4n) is 5.30. The Hall–Kier alpha value is -5.01. The Morgan fingerprint density at radius 1 is 1.02 bits per heavy atom. The van der Waals surface area contributed by atoms with E-state index < -0.39 is 35.4 Å². The van der Waals surface area contributed by atoms with Gasteiger partial charge in [0, 0.05) is 18.7 Å². The number of amides is 1. The fraction of sp³-hybridized carbons (Fsp3) is 0.290. The summed E-state index contributed by atoms with van der Waals surface area (Å²) in [5.74, 6) is -2.14. The summed E-state index contributed by atoms with van der Waals surface area (Å²) in [6, 6.07) is 15.4. The minimum absolute atomic E-state index is 0.0131. The smallest absolute Gasteiger partial charge is 0.434 e. The monoisotopic (exact) mass is 630 g/mol. The first-order valence-corrected chi connectivity index (χ1v) is 13.8. The number of para-hydroxylation sites is 1. The molecule has 2 aromatic heterocycles. The molecule has 1 amide bonds. The van der Waals surface area contributed by atoms with Gasteiger partial charge in [-0.1, -0.05) is 36.4 Å². The number of carbonyl (C=O) groups is 2. The van der Waals surface area contributed by atoms with Crippen molar-refractivity contribution < 1.29 is 46.1 Å². The van der Waals surface area contributed by atoms with Crippen molar-refractivity contribution in [3.8, 4) is 22.8 Å². The van der Waals surface area contributed by atoms with Crippen molar-refractivity contribution >= 4 is 12.1 Å². The van der Waals surface area contributed by atoms with Gasteiger partial charge in [-0.15, -0.1) is 0 Å². The summed E-state index contributed by atoms with van der Waals surface area (Å²) in [4.78, 5) is 29.0. The van der Waals surface area contributed by atoms with Crippen molar-refractivity contribution in [3.63, 3.8) is 0 Å². The predicted molar refractivity (Wildman–Crippen MR) is 150 cm³/mol. The number of hydrogen-bond donors (Lipinski definition) is 1. The van der Waals surface area contributed by atoms with Crippen LogP contribution in [-0.2, 0) is 17.5 Å². The number of halogens is 5. The highest BCUT2D eigenvalue weighted by molar-refractivity contribution is 5.89. The summed E-state index contributed by atoms with van der Waals surface area (Å²) in [6.07, 6.45) is -6.25. The molecule has 0 radical (unpaired) electrons. The molecule has 1 aliphatic heterocycles. The number of methoxy groups -OCH3 is 1. The molecule has 236 valence electrons. The molecule has 9 nitrogen and oxygen atoms in total. The number of aromatic nitrogens is 3. The third-order valence-electron chi connectivity index (χ3n) is 7.54. The Labute approximate surface area is 253 Å². The number of likely N-dealkylation sites (tertiary alicyclic amines) is 1. The zero-order valence-electron chi connectivity index (χ0n) is 23.8. The lowest BCUT2D eigenvalue weighted by atomic mass is 9.89. The summed E-state index contributed by atoms with van der Waals surface area (Å²) in [5, 5.41) is 12.8.